The molecule has 0 aliphatic carbocycles. The van der Waals surface area contributed by atoms with E-state index in [-0.39, 0.29) is 24.1 Å². The lowest BCUT2D eigenvalue weighted by Gasteiger charge is -2.10. The number of anilines is 2. The van der Waals surface area contributed by atoms with Crippen LogP contribution < -0.4 is 10.6 Å². The molecule has 0 fully saturated rings. The summed E-state index contributed by atoms with van der Waals surface area (Å²) in [6.45, 7) is 0. The zero-order valence-electron chi connectivity index (χ0n) is 16.5. The van der Waals surface area contributed by atoms with E-state index < -0.39 is 0 Å². The second-order valence-corrected chi connectivity index (χ2v) is 7.77. The Labute approximate surface area is 183 Å². The third-order valence-electron chi connectivity index (χ3n) is 4.67. The Morgan fingerprint density at radius 1 is 0.806 bits per heavy atom. The van der Waals surface area contributed by atoms with Crippen LogP contribution in [-0.4, -0.2) is 11.8 Å². The largest absolute Gasteiger partial charge is 0.322 e. The molecule has 2 N–H and O–H groups in total. The molecule has 4 nitrogen and oxygen atoms in total. The summed E-state index contributed by atoms with van der Waals surface area (Å²) in [7, 11) is 0. The lowest BCUT2D eigenvalue weighted by atomic mass is 10.0. The summed E-state index contributed by atoms with van der Waals surface area (Å²) in [6.07, 6.45) is 0.207. The van der Waals surface area contributed by atoms with Gasteiger partial charge in [0, 0.05) is 16.6 Å². The average Bonchev–Trinajstić information content (AvgIpc) is 3.20. The third-order valence-corrected chi connectivity index (χ3v) is 5.56. The zero-order chi connectivity index (χ0) is 21.6. The Morgan fingerprint density at radius 3 is 2.13 bits per heavy atom. The van der Waals surface area contributed by atoms with E-state index in [1.165, 1.54) is 35.6 Å². The smallest absolute Gasteiger partial charge is 0.259 e. The Morgan fingerprint density at radius 2 is 1.45 bits per heavy atom. The minimum atomic E-state index is -0.382. The fourth-order valence-electron chi connectivity index (χ4n) is 3.18. The fraction of sp³-hybridized carbons (Fsp3) is 0.0400. The Bertz CT molecular complexity index is 1190. The van der Waals surface area contributed by atoms with Gasteiger partial charge in [-0.1, -0.05) is 60.7 Å². The molecular weight excluding hydrogens is 411 g/mol. The number of hydrogen-bond acceptors (Lipinski definition) is 3. The predicted molar refractivity (Wildman–Crippen MR) is 123 cm³/mol. The lowest BCUT2D eigenvalue weighted by Crippen LogP contribution is -2.18. The molecule has 0 radical (unpaired) electrons. The second kappa shape index (κ2) is 9.36. The van der Waals surface area contributed by atoms with Crippen molar-refractivity contribution in [3.05, 3.63) is 107 Å². The first-order valence-electron chi connectivity index (χ1n) is 9.68. The van der Waals surface area contributed by atoms with Crippen LogP contribution in [0.5, 0.6) is 0 Å². The van der Waals surface area contributed by atoms with Crippen LogP contribution in [0, 0.1) is 5.82 Å². The van der Waals surface area contributed by atoms with Crippen LogP contribution in [0.4, 0.5) is 15.1 Å². The van der Waals surface area contributed by atoms with Crippen molar-refractivity contribution in [1.82, 2.24) is 0 Å². The van der Waals surface area contributed by atoms with E-state index >= 15 is 0 Å². The van der Waals surface area contributed by atoms with Crippen LogP contribution in [0.1, 0.15) is 15.9 Å². The van der Waals surface area contributed by atoms with Gasteiger partial charge in [-0.15, -0.1) is 11.3 Å². The first-order chi connectivity index (χ1) is 15.1. The SMILES string of the molecule is O=C(Cc1ccccc1)Nc1scc(-c2ccccc2)c1C(=O)Nc1ccc(F)cc1. The first-order valence-corrected chi connectivity index (χ1v) is 10.6. The molecule has 0 saturated heterocycles. The van der Waals surface area contributed by atoms with E-state index in [4.69, 9.17) is 0 Å². The van der Waals surface area contributed by atoms with Crippen LogP contribution in [0.25, 0.3) is 11.1 Å². The molecule has 4 aromatic rings. The van der Waals surface area contributed by atoms with Gasteiger partial charge in [-0.25, -0.2) is 4.39 Å². The van der Waals surface area contributed by atoms with Crippen molar-refractivity contribution < 1.29 is 14.0 Å². The third kappa shape index (κ3) is 5.05. The summed E-state index contributed by atoms with van der Waals surface area (Å²) in [6, 6.07) is 24.5. The van der Waals surface area contributed by atoms with E-state index in [0.29, 0.717) is 16.3 Å². The first kappa shape index (κ1) is 20.5. The number of carbonyl (C=O) groups is 2. The van der Waals surface area contributed by atoms with Crippen molar-refractivity contribution in [2.24, 2.45) is 0 Å². The molecule has 1 aromatic heterocycles. The van der Waals surface area contributed by atoms with Crippen molar-refractivity contribution in [1.29, 1.82) is 0 Å². The van der Waals surface area contributed by atoms with Gasteiger partial charge in [0.2, 0.25) is 5.91 Å². The summed E-state index contributed by atoms with van der Waals surface area (Å²) in [5.74, 6) is -0.961. The van der Waals surface area contributed by atoms with Gasteiger partial charge in [-0.3, -0.25) is 9.59 Å². The van der Waals surface area contributed by atoms with E-state index in [2.05, 4.69) is 10.6 Å². The highest BCUT2D eigenvalue weighted by atomic mass is 32.1. The molecule has 1 heterocycles. The highest BCUT2D eigenvalue weighted by molar-refractivity contribution is 7.15. The van der Waals surface area contributed by atoms with Crippen LogP contribution >= 0.6 is 11.3 Å². The normalized spacial score (nSPS) is 10.5. The summed E-state index contributed by atoms with van der Waals surface area (Å²) in [4.78, 5) is 25.8. The molecule has 0 unspecified atom stereocenters. The molecule has 0 aliphatic heterocycles. The van der Waals surface area contributed by atoms with Gasteiger partial charge in [-0.05, 0) is 35.4 Å². The summed E-state index contributed by atoms with van der Waals surface area (Å²) < 4.78 is 13.2. The van der Waals surface area contributed by atoms with Gasteiger partial charge in [-0.2, -0.15) is 0 Å². The molecule has 31 heavy (non-hydrogen) atoms. The molecule has 6 heteroatoms. The highest BCUT2D eigenvalue weighted by Crippen LogP contribution is 2.36. The van der Waals surface area contributed by atoms with Gasteiger partial charge in [0.1, 0.15) is 10.8 Å². The topological polar surface area (TPSA) is 58.2 Å². The maximum absolute atomic E-state index is 13.2. The predicted octanol–water partition coefficient (Wildman–Crippen LogP) is 5.99. The lowest BCUT2D eigenvalue weighted by molar-refractivity contribution is -0.115. The van der Waals surface area contributed by atoms with Crippen molar-refractivity contribution in [3.63, 3.8) is 0 Å². The van der Waals surface area contributed by atoms with Crippen molar-refractivity contribution in [2.75, 3.05) is 10.6 Å². The summed E-state index contributed by atoms with van der Waals surface area (Å²) in [5, 5.41) is 8.00. The molecule has 154 valence electrons. The number of thiophene rings is 1. The maximum Gasteiger partial charge on any atom is 0.259 e. The minimum absolute atomic E-state index is 0.205. The molecule has 2 amide bonds. The zero-order valence-corrected chi connectivity index (χ0v) is 17.3. The molecule has 0 bridgehead atoms. The molecule has 0 aliphatic rings. The van der Waals surface area contributed by atoms with Gasteiger partial charge in [0.05, 0.1) is 12.0 Å². The Hall–Kier alpha value is -3.77. The standard InChI is InChI=1S/C25H19FN2O2S/c26-19-11-13-20(14-12-19)27-24(30)23-21(18-9-5-2-6-10-18)16-31-25(23)28-22(29)15-17-7-3-1-4-8-17/h1-14,16H,15H2,(H,27,30)(H,28,29). The number of amides is 2. The van der Waals surface area contributed by atoms with Crippen LogP contribution in [0.2, 0.25) is 0 Å². The van der Waals surface area contributed by atoms with Crippen molar-refractivity contribution in [3.8, 4) is 11.1 Å². The van der Waals surface area contributed by atoms with E-state index in [0.717, 1.165) is 16.7 Å². The maximum atomic E-state index is 13.2. The van der Waals surface area contributed by atoms with Crippen molar-refractivity contribution in [2.45, 2.75) is 6.42 Å². The molecular formula is C25H19FN2O2S. The van der Waals surface area contributed by atoms with Crippen molar-refractivity contribution >= 4 is 33.8 Å². The number of carbonyl (C=O) groups excluding carboxylic acids is 2. The average molecular weight is 431 g/mol. The number of rotatable bonds is 6. The second-order valence-electron chi connectivity index (χ2n) is 6.89. The number of benzene rings is 3. The van der Waals surface area contributed by atoms with Gasteiger partial charge >= 0.3 is 0 Å². The van der Waals surface area contributed by atoms with E-state index in [1.54, 1.807) is 0 Å². The molecule has 0 atom stereocenters. The molecule has 3 aromatic carbocycles. The summed E-state index contributed by atoms with van der Waals surface area (Å²) >= 11 is 1.30. The monoisotopic (exact) mass is 430 g/mol. The number of hydrogen-bond donors (Lipinski definition) is 2. The van der Waals surface area contributed by atoms with Gasteiger partial charge < -0.3 is 10.6 Å². The Balaban J connectivity index is 1.63. The van der Waals surface area contributed by atoms with Gasteiger partial charge in [0.25, 0.3) is 5.91 Å². The summed E-state index contributed by atoms with van der Waals surface area (Å²) in [5.41, 5.74) is 3.32. The van der Waals surface area contributed by atoms with E-state index in [1.807, 2.05) is 66.0 Å². The molecule has 0 saturated carbocycles. The number of halogens is 1. The van der Waals surface area contributed by atoms with E-state index in [9.17, 15) is 14.0 Å². The van der Waals surface area contributed by atoms with Gasteiger partial charge in [0.15, 0.2) is 0 Å². The quantitative estimate of drug-likeness (QED) is 0.395. The Kier molecular flexibility index (Phi) is 6.19. The number of nitrogens with one attached hydrogen (secondary N) is 2. The highest BCUT2D eigenvalue weighted by Gasteiger charge is 2.22. The fourth-order valence-corrected chi connectivity index (χ4v) is 4.17. The minimum Gasteiger partial charge on any atom is -0.322 e. The molecule has 4 rings (SSSR count). The van der Waals surface area contributed by atoms with Crippen LogP contribution in [0.15, 0.2) is 90.3 Å². The molecule has 0 spiro atoms. The van der Waals surface area contributed by atoms with Crippen LogP contribution in [-0.2, 0) is 11.2 Å². The van der Waals surface area contributed by atoms with Crippen LogP contribution in [0.3, 0.4) is 0 Å².